The number of carbonyl (C=O) groups is 1. The summed E-state index contributed by atoms with van der Waals surface area (Å²) >= 11 is 0. The molecule has 0 aliphatic heterocycles. The fourth-order valence-corrected chi connectivity index (χ4v) is 2.44. The molecule has 1 atom stereocenters. The zero-order valence-corrected chi connectivity index (χ0v) is 13.0. The summed E-state index contributed by atoms with van der Waals surface area (Å²) in [6.45, 7) is 3.41. The molecule has 1 aliphatic carbocycles. The van der Waals surface area contributed by atoms with E-state index in [2.05, 4.69) is 15.5 Å². The van der Waals surface area contributed by atoms with Crippen LogP contribution < -0.4 is 0 Å². The Labute approximate surface area is 126 Å². The zero-order chi connectivity index (χ0) is 15.2. The molecule has 1 saturated carbocycles. The number of hydrogen-bond donors (Lipinski definition) is 1. The number of hydrogen-bond acceptors (Lipinski definition) is 4. The van der Waals surface area contributed by atoms with Crippen LogP contribution in [0.5, 0.6) is 0 Å². The van der Waals surface area contributed by atoms with Gasteiger partial charge in [-0.15, -0.1) is 0 Å². The zero-order valence-electron chi connectivity index (χ0n) is 13.0. The first-order valence-corrected chi connectivity index (χ1v) is 7.78. The van der Waals surface area contributed by atoms with Crippen LogP contribution in [0.3, 0.4) is 0 Å². The molecule has 0 amide bonds. The standard InChI is InChI=1S/C16H26N2O3/c1-3-5-16(20)21-12-15(19)11-18(13-7-8-13)10-14-6-4-9-17(14)2/h4,6,9,13,15,19H,3,5,7-8,10-12H2,1-2H3. The molecule has 5 nitrogen and oxygen atoms in total. The van der Waals surface area contributed by atoms with Crippen molar-refractivity contribution in [1.29, 1.82) is 0 Å². The van der Waals surface area contributed by atoms with Crippen molar-refractivity contribution in [2.24, 2.45) is 7.05 Å². The molecule has 5 heteroatoms. The van der Waals surface area contributed by atoms with Gasteiger partial charge in [0.15, 0.2) is 0 Å². The molecule has 0 saturated heterocycles. The van der Waals surface area contributed by atoms with Crippen molar-refractivity contribution in [3.05, 3.63) is 24.0 Å². The number of aliphatic hydroxyl groups excluding tert-OH is 1. The average molecular weight is 294 g/mol. The minimum atomic E-state index is -0.619. The fourth-order valence-electron chi connectivity index (χ4n) is 2.44. The molecule has 0 bridgehead atoms. The lowest BCUT2D eigenvalue weighted by Crippen LogP contribution is -2.36. The van der Waals surface area contributed by atoms with Crippen LogP contribution >= 0.6 is 0 Å². The molecule has 1 aromatic rings. The van der Waals surface area contributed by atoms with Crippen molar-refractivity contribution in [1.82, 2.24) is 9.47 Å². The number of carbonyl (C=O) groups excluding carboxylic acids is 1. The smallest absolute Gasteiger partial charge is 0.305 e. The summed E-state index contributed by atoms with van der Waals surface area (Å²) in [5, 5.41) is 10.1. The average Bonchev–Trinajstić information content (AvgIpc) is 3.21. The quantitative estimate of drug-likeness (QED) is 0.704. The van der Waals surface area contributed by atoms with Crippen molar-refractivity contribution >= 4 is 5.97 Å². The van der Waals surface area contributed by atoms with Gasteiger partial charge in [0.2, 0.25) is 0 Å². The molecule has 1 aromatic heterocycles. The van der Waals surface area contributed by atoms with Crippen molar-refractivity contribution in [2.45, 2.75) is 51.3 Å². The van der Waals surface area contributed by atoms with E-state index in [1.165, 1.54) is 18.5 Å². The topological polar surface area (TPSA) is 54.7 Å². The van der Waals surface area contributed by atoms with Crippen LogP contribution in [0.1, 0.15) is 38.3 Å². The Morgan fingerprint density at radius 3 is 2.90 bits per heavy atom. The lowest BCUT2D eigenvalue weighted by molar-refractivity contribution is -0.147. The van der Waals surface area contributed by atoms with E-state index < -0.39 is 6.10 Å². The van der Waals surface area contributed by atoms with Crippen LogP contribution in [-0.4, -0.2) is 45.8 Å². The number of nitrogens with zero attached hydrogens (tertiary/aromatic N) is 2. The number of rotatable bonds is 9. The molecule has 1 unspecified atom stereocenters. The van der Waals surface area contributed by atoms with E-state index >= 15 is 0 Å². The second kappa shape index (κ2) is 7.61. The van der Waals surface area contributed by atoms with Gasteiger partial charge >= 0.3 is 5.97 Å². The Morgan fingerprint density at radius 2 is 2.33 bits per heavy atom. The van der Waals surface area contributed by atoms with Crippen molar-refractivity contribution < 1.29 is 14.6 Å². The second-order valence-electron chi connectivity index (χ2n) is 5.86. The predicted molar refractivity (Wildman–Crippen MR) is 80.7 cm³/mol. The van der Waals surface area contributed by atoms with E-state index in [4.69, 9.17) is 4.74 Å². The number of aromatic nitrogens is 1. The summed E-state index contributed by atoms with van der Waals surface area (Å²) in [6, 6.07) is 4.69. The van der Waals surface area contributed by atoms with Gasteiger partial charge in [-0.05, 0) is 31.4 Å². The first kappa shape index (κ1) is 16.0. The van der Waals surface area contributed by atoms with E-state index in [1.807, 2.05) is 26.2 Å². The van der Waals surface area contributed by atoms with E-state index in [-0.39, 0.29) is 12.6 Å². The molecule has 1 heterocycles. The van der Waals surface area contributed by atoms with E-state index in [9.17, 15) is 9.90 Å². The molecule has 1 N–H and O–H groups in total. The molecular formula is C16H26N2O3. The number of aryl methyl sites for hydroxylation is 1. The van der Waals surface area contributed by atoms with Gasteiger partial charge in [0, 0.05) is 44.5 Å². The fraction of sp³-hybridized carbons (Fsp3) is 0.688. The summed E-state index contributed by atoms with van der Waals surface area (Å²) in [5.41, 5.74) is 1.23. The van der Waals surface area contributed by atoms with Crippen LogP contribution in [0.4, 0.5) is 0 Å². The van der Waals surface area contributed by atoms with Gasteiger partial charge in [-0.1, -0.05) is 6.92 Å². The highest BCUT2D eigenvalue weighted by molar-refractivity contribution is 5.69. The number of aliphatic hydroxyl groups is 1. The van der Waals surface area contributed by atoms with Gasteiger partial charge in [-0.2, -0.15) is 0 Å². The largest absolute Gasteiger partial charge is 0.463 e. The summed E-state index contributed by atoms with van der Waals surface area (Å²) in [7, 11) is 2.03. The Hall–Kier alpha value is -1.33. The Balaban J connectivity index is 1.79. The highest BCUT2D eigenvalue weighted by Crippen LogP contribution is 2.28. The third-order valence-corrected chi connectivity index (χ3v) is 3.82. The van der Waals surface area contributed by atoms with Gasteiger partial charge in [-0.25, -0.2) is 0 Å². The monoisotopic (exact) mass is 294 g/mol. The van der Waals surface area contributed by atoms with Crippen molar-refractivity contribution in [3.63, 3.8) is 0 Å². The van der Waals surface area contributed by atoms with Crippen LogP contribution in [-0.2, 0) is 23.1 Å². The van der Waals surface area contributed by atoms with Gasteiger partial charge < -0.3 is 14.4 Å². The minimum absolute atomic E-state index is 0.0925. The molecule has 0 aromatic carbocycles. The Kier molecular flexibility index (Phi) is 5.82. The molecule has 1 fully saturated rings. The Bertz CT molecular complexity index is 454. The molecule has 21 heavy (non-hydrogen) atoms. The SMILES string of the molecule is CCCC(=O)OCC(O)CN(Cc1cccn1C)C1CC1. The molecule has 1 aliphatic rings. The highest BCUT2D eigenvalue weighted by Gasteiger charge is 2.30. The molecular weight excluding hydrogens is 268 g/mol. The highest BCUT2D eigenvalue weighted by atomic mass is 16.5. The first-order valence-electron chi connectivity index (χ1n) is 7.78. The third-order valence-electron chi connectivity index (χ3n) is 3.82. The maximum atomic E-state index is 11.3. The number of ether oxygens (including phenoxy) is 1. The maximum Gasteiger partial charge on any atom is 0.305 e. The third kappa shape index (κ3) is 5.17. The van der Waals surface area contributed by atoms with E-state index in [0.717, 1.165) is 13.0 Å². The maximum absolute atomic E-state index is 11.3. The molecule has 2 rings (SSSR count). The van der Waals surface area contributed by atoms with Gasteiger partial charge in [0.05, 0.1) is 0 Å². The lowest BCUT2D eigenvalue weighted by atomic mass is 10.3. The van der Waals surface area contributed by atoms with Crippen LogP contribution in [0.2, 0.25) is 0 Å². The van der Waals surface area contributed by atoms with Crippen molar-refractivity contribution in [2.75, 3.05) is 13.2 Å². The Morgan fingerprint density at radius 1 is 1.57 bits per heavy atom. The van der Waals surface area contributed by atoms with Gasteiger partial charge in [-0.3, -0.25) is 9.69 Å². The van der Waals surface area contributed by atoms with Crippen LogP contribution in [0, 0.1) is 0 Å². The van der Waals surface area contributed by atoms with E-state index in [1.54, 1.807) is 0 Å². The first-order chi connectivity index (χ1) is 10.1. The number of esters is 1. The summed E-state index contributed by atoms with van der Waals surface area (Å²) < 4.78 is 7.18. The second-order valence-corrected chi connectivity index (χ2v) is 5.86. The van der Waals surface area contributed by atoms with Gasteiger partial charge in [0.1, 0.15) is 12.7 Å². The lowest BCUT2D eigenvalue weighted by Gasteiger charge is -2.25. The predicted octanol–water partition coefficient (Wildman–Crippen LogP) is 1.69. The van der Waals surface area contributed by atoms with E-state index in [0.29, 0.717) is 19.0 Å². The normalized spacial score (nSPS) is 16.2. The van der Waals surface area contributed by atoms with Crippen molar-refractivity contribution in [3.8, 4) is 0 Å². The summed E-state index contributed by atoms with van der Waals surface area (Å²) in [5.74, 6) is -0.225. The summed E-state index contributed by atoms with van der Waals surface area (Å²) in [6.07, 6.45) is 4.98. The van der Waals surface area contributed by atoms with Crippen LogP contribution in [0.15, 0.2) is 18.3 Å². The minimum Gasteiger partial charge on any atom is -0.463 e. The van der Waals surface area contributed by atoms with Gasteiger partial charge in [0.25, 0.3) is 0 Å². The molecule has 0 spiro atoms. The van der Waals surface area contributed by atoms with Crippen LogP contribution in [0.25, 0.3) is 0 Å². The summed E-state index contributed by atoms with van der Waals surface area (Å²) in [4.78, 5) is 13.6. The molecule has 0 radical (unpaired) electrons. The molecule has 118 valence electrons.